The maximum Gasteiger partial charge on any atom is 0.573 e. The minimum absolute atomic E-state index is 0.0857. The minimum atomic E-state index is -4.83. The lowest BCUT2D eigenvalue weighted by Crippen LogP contribution is -2.18. The first-order valence-electron chi connectivity index (χ1n) is 12.7. The van der Waals surface area contributed by atoms with Gasteiger partial charge in [-0.05, 0) is 67.8 Å². The second-order valence-corrected chi connectivity index (χ2v) is 8.67. The van der Waals surface area contributed by atoms with E-state index in [4.69, 9.17) is 19.3 Å². The Kier molecular flexibility index (Phi) is 12.0. The van der Waals surface area contributed by atoms with Gasteiger partial charge in [-0.2, -0.15) is 0 Å². The fraction of sp³-hybridized carbons (Fsp3) is 0.367. The summed E-state index contributed by atoms with van der Waals surface area (Å²) in [4.78, 5) is 11.1. The Morgan fingerprint density at radius 1 is 0.897 bits per heavy atom. The molecule has 2 unspecified atom stereocenters. The number of carboxylic acid groups (broad SMARTS) is 1. The molecule has 39 heavy (non-hydrogen) atoms. The number of para-hydroxylation sites is 1. The molecular weight excluding hydrogens is 513 g/mol. The lowest BCUT2D eigenvalue weighted by atomic mass is 9.97. The average molecular weight is 549 g/mol. The van der Waals surface area contributed by atoms with Crippen LogP contribution in [0.25, 0.3) is 0 Å². The van der Waals surface area contributed by atoms with E-state index >= 15 is 0 Å². The van der Waals surface area contributed by atoms with Gasteiger partial charge in [0.2, 0.25) is 0 Å². The number of alkyl halides is 3. The maximum atomic E-state index is 12.7. The molecule has 3 aromatic carbocycles. The number of carboxylic acids is 1. The highest BCUT2D eigenvalue weighted by Gasteiger charge is 2.31. The van der Waals surface area contributed by atoms with Crippen molar-refractivity contribution in [3.8, 4) is 28.7 Å². The van der Waals surface area contributed by atoms with Crippen LogP contribution in [0.1, 0.15) is 45.2 Å². The molecule has 2 atom stereocenters. The zero-order chi connectivity index (χ0) is 29.0. The third-order valence-corrected chi connectivity index (χ3v) is 5.50. The van der Waals surface area contributed by atoms with Gasteiger partial charge < -0.3 is 24.1 Å². The van der Waals surface area contributed by atoms with E-state index in [2.05, 4.69) is 4.74 Å². The van der Waals surface area contributed by atoms with Crippen molar-refractivity contribution in [2.24, 2.45) is 5.92 Å². The molecule has 0 aliphatic carbocycles. The smallest absolute Gasteiger partial charge is 0.493 e. The SMILES string of the molecule is CC.Cc1cc(OCCC(C)Oc2ccc(OC(F)(F)F)cc2Oc2ccccc2)ccc1CC(C)C(=O)O. The Morgan fingerprint density at radius 3 is 2.18 bits per heavy atom. The molecule has 6 nitrogen and oxygen atoms in total. The van der Waals surface area contributed by atoms with Crippen LogP contribution in [-0.2, 0) is 11.2 Å². The van der Waals surface area contributed by atoms with Crippen LogP contribution in [0.3, 0.4) is 0 Å². The summed E-state index contributed by atoms with van der Waals surface area (Å²) in [5.41, 5.74) is 1.89. The monoisotopic (exact) mass is 548 g/mol. The summed E-state index contributed by atoms with van der Waals surface area (Å²) in [6.07, 6.45) is -4.25. The van der Waals surface area contributed by atoms with Crippen LogP contribution in [0.15, 0.2) is 66.7 Å². The van der Waals surface area contributed by atoms with Gasteiger partial charge in [-0.15, -0.1) is 13.2 Å². The minimum Gasteiger partial charge on any atom is -0.493 e. The molecular formula is C30H35F3O6. The van der Waals surface area contributed by atoms with Crippen molar-refractivity contribution in [2.45, 2.75) is 59.9 Å². The molecule has 3 aromatic rings. The third-order valence-electron chi connectivity index (χ3n) is 5.50. The number of hydrogen-bond acceptors (Lipinski definition) is 5. The van der Waals surface area contributed by atoms with Crippen LogP contribution in [0.5, 0.6) is 28.7 Å². The maximum absolute atomic E-state index is 12.7. The predicted octanol–water partition coefficient (Wildman–Crippen LogP) is 8.21. The number of rotatable bonds is 12. The quantitative estimate of drug-likeness (QED) is 0.246. The fourth-order valence-electron chi connectivity index (χ4n) is 3.50. The number of aliphatic carboxylic acids is 1. The number of halogens is 3. The van der Waals surface area contributed by atoms with E-state index in [-0.39, 0.29) is 17.6 Å². The van der Waals surface area contributed by atoms with Crippen molar-refractivity contribution in [3.63, 3.8) is 0 Å². The molecule has 0 fully saturated rings. The molecule has 0 amide bonds. The summed E-state index contributed by atoms with van der Waals surface area (Å²) in [6.45, 7) is 9.72. The first-order chi connectivity index (χ1) is 18.5. The van der Waals surface area contributed by atoms with Gasteiger partial charge in [0.25, 0.3) is 0 Å². The predicted molar refractivity (Wildman–Crippen MR) is 143 cm³/mol. The van der Waals surface area contributed by atoms with Crippen LogP contribution < -0.4 is 18.9 Å². The molecule has 0 spiro atoms. The summed E-state index contributed by atoms with van der Waals surface area (Å²) >= 11 is 0. The number of aryl methyl sites for hydroxylation is 1. The topological polar surface area (TPSA) is 74.2 Å². The van der Waals surface area contributed by atoms with E-state index < -0.39 is 24.0 Å². The molecule has 212 valence electrons. The molecule has 0 aromatic heterocycles. The summed E-state index contributed by atoms with van der Waals surface area (Å²) in [5, 5.41) is 9.12. The van der Waals surface area contributed by atoms with E-state index in [0.717, 1.165) is 17.2 Å². The van der Waals surface area contributed by atoms with Crippen molar-refractivity contribution in [1.82, 2.24) is 0 Å². The molecule has 0 radical (unpaired) electrons. The first-order valence-corrected chi connectivity index (χ1v) is 12.7. The average Bonchev–Trinajstić information content (AvgIpc) is 2.88. The van der Waals surface area contributed by atoms with Crippen molar-refractivity contribution < 1.29 is 42.0 Å². The van der Waals surface area contributed by atoms with Crippen LogP contribution in [0.4, 0.5) is 13.2 Å². The molecule has 0 saturated carbocycles. The van der Waals surface area contributed by atoms with Crippen LogP contribution in [0.2, 0.25) is 0 Å². The zero-order valence-electron chi connectivity index (χ0n) is 22.7. The molecule has 0 aliphatic rings. The highest BCUT2D eigenvalue weighted by atomic mass is 19.4. The zero-order valence-corrected chi connectivity index (χ0v) is 22.7. The highest BCUT2D eigenvalue weighted by Crippen LogP contribution is 2.37. The van der Waals surface area contributed by atoms with Crippen molar-refractivity contribution in [1.29, 1.82) is 0 Å². The van der Waals surface area contributed by atoms with Crippen LogP contribution in [0, 0.1) is 12.8 Å². The summed E-state index contributed by atoms with van der Waals surface area (Å²) in [7, 11) is 0. The second-order valence-electron chi connectivity index (χ2n) is 8.67. The van der Waals surface area contributed by atoms with Gasteiger partial charge in [0.1, 0.15) is 17.2 Å². The highest BCUT2D eigenvalue weighted by molar-refractivity contribution is 5.70. The van der Waals surface area contributed by atoms with E-state index in [1.54, 1.807) is 43.3 Å². The standard InChI is InChI=1S/C28H29F3O6.C2H6/c1-18-16-23(10-9-21(18)15-19(2)27(32)33)34-14-13-20(3)35-25-12-11-24(37-28(29,30)31)17-26(25)36-22-7-5-4-6-8-22;1-2/h4-12,16-17,19-20H,13-15H2,1-3H3,(H,32,33);1-2H3. The molecule has 0 heterocycles. The Hall–Kier alpha value is -3.88. The van der Waals surface area contributed by atoms with E-state index in [9.17, 15) is 18.0 Å². The van der Waals surface area contributed by atoms with E-state index in [1.807, 2.05) is 39.8 Å². The molecule has 3 rings (SSSR count). The van der Waals surface area contributed by atoms with Gasteiger partial charge in [0.15, 0.2) is 11.5 Å². The first kappa shape index (κ1) is 31.3. The Bertz CT molecular complexity index is 1180. The number of hydrogen-bond donors (Lipinski definition) is 1. The molecule has 0 aliphatic heterocycles. The van der Waals surface area contributed by atoms with Gasteiger partial charge in [-0.3, -0.25) is 4.79 Å². The van der Waals surface area contributed by atoms with Gasteiger partial charge in [0.05, 0.1) is 18.6 Å². The van der Waals surface area contributed by atoms with Crippen molar-refractivity contribution in [3.05, 3.63) is 77.9 Å². The molecule has 0 saturated heterocycles. The van der Waals surface area contributed by atoms with Gasteiger partial charge in [-0.25, -0.2) is 0 Å². The summed E-state index contributed by atoms with van der Waals surface area (Å²) in [5.74, 6) is -0.302. The third kappa shape index (κ3) is 10.8. The van der Waals surface area contributed by atoms with Crippen molar-refractivity contribution in [2.75, 3.05) is 6.61 Å². The van der Waals surface area contributed by atoms with E-state index in [0.29, 0.717) is 30.9 Å². The number of benzene rings is 3. The normalized spacial score (nSPS) is 12.4. The van der Waals surface area contributed by atoms with E-state index in [1.165, 1.54) is 12.1 Å². The van der Waals surface area contributed by atoms with Gasteiger partial charge >= 0.3 is 12.3 Å². The number of ether oxygens (including phenoxy) is 4. The Morgan fingerprint density at radius 2 is 1.56 bits per heavy atom. The lowest BCUT2D eigenvalue weighted by Gasteiger charge is -2.19. The molecule has 9 heteroatoms. The Labute approximate surface area is 227 Å². The van der Waals surface area contributed by atoms with Gasteiger partial charge in [-0.1, -0.05) is 45.0 Å². The van der Waals surface area contributed by atoms with Gasteiger partial charge in [0, 0.05) is 12.5 Å². The Balaban J connectivity index is 0.00000260. The largest absolute Gasteiger partial charge is 0.573 e. The molecule has 0 bridgehead atoms. The summed E-state index contributed by atoms with van der Waals surface area (Å²) < 4.78 is 59.6. The molecule has 1 N–H and O–H groups in total. The van der Waals surface area contributed by atoms with Crippen molar-refractivity contribution >= 4 is 5.97 Å². The van der Waals surface area contributed by atoms with Crippen LogP contribution in [-0.4, -0.2) is 30.1 Å². The number of carbonyl (C=O) groups is 1. The summed E-state index contributed by atoms with van der Waals surface area (Å²) in [6, 6.07) is 17.8. The van der Waals surface area contributed by atoms with Crippen LogP contribution >= 0.6 is 0 Å². The fourth-order valence-corrected chi connectivity index (χ4v) is 3.50. The lowest BCUT2D eigenvalue weighted by molar-refractivity contribution is -0.274. The second kappa shape index (κ2) is 14.9.